The minimum Gasteiger partial charge on any atom is -0.496 e. The molecule has 2 rings (SSSR count). The fourth-order valence-corrected chi connectivity index (χ4v) is 2.05. The van der Waals surface area contributed by atoms with Crippen molar-refractivity contribution in [2.24, 2.45) is 0 Å². The summed E-state index contributed by atoms with van der Waals surface area (Å²) in [6.07, 6.45) is 4.68. The van der Waals surface area contributed by atoms with Crippen molar-refractivity contribution in [3.05, 3.63) is 59.4 Å². The molecule has 0 aliphatic carbocycles. The molecule has 0 spiro atoms. The van der Waals surface area contributed by atoms with E-state index in [-0.39, 0.29) is 0 Å². The van der Waals surface area contributed by atoms with Crippen LogP contribution in [0.1, 0.15) is 16.7 Å². The molecule has 3 nitrogen and oxygen atoms in total. The van der Waals surface area contributed by atoms with Crippen LogP contribution in [-0.4, -0.2) is 18.6 Å². The van der Waals surface area contributed by atoms with Gasteiger partial charge in [-0.05, 0) is 43.7 Å². The second-order valence-corrected chi connectivity index (χ2v) is 4.60. The maximum atomic E-state index is 5.37. The second-order valence-electron chi connectivity index (χ2n) is 4.60. The van der Waals surface area contributed by atoms with Crippen molar-refractivity contribution in [1.82, 2.24) is 10.3 Å². The molecule has 0 radical (unpaired) electrons. The van der Waals surface area contributed by atoms with E-state index in [0.717, 1.165) is 25.3 Å². The predicted octanol–water partition coefficient (Wildman–Crippen LogP) is 2.73. The van der Waals surface area contributed by atoms with Gasteiger partial charge in [-0.25, -0.2) is 0 Å². The summed E-state index contributed by atoms with van der Waals surface area (Å²) in [4.78, 5) is 4.02. The van der Waals surface area contributed by atoms with Crippen LogP contribution < -0.4 is 10.1 Å². The predicted molar refractivity (Wildman–Crippen MR) is 77.4 cm³/mol. The van der Waals surface area contributed by atoms with E-state index in [1.165, 1.54) is 16.7 Å². The molecular formula is C16H20N2O. The molecule has 100 valence electrons. The maximum Gasteiger partial charge on any atom is 0.123 e. The molecule has 2 aromatic rings. The van der Waals surface area contributed by atoms with Crippen molar-refractivity contribution < 1.29 is 4.74 Å². The van der Waals surface area contributed by atoms with Crippen LogP contribution >= 0.6 is 0 Å². The van der Waals surface area contributed by atoms with Crippen LogP contribution in [0.25, 0.3) is 0 Å². The lowest BCUT2D eigenvalue weighted by Gasteiger charge is -2.10. The molecule has 0 atom stereocenters. The number of pyridine rings is 1. The number of rotatable bonds is 6. The summed E-state index contributed by atoms with van der Waals surface area (Å²) in [5.74, 6) is 0.946. The van der Waals surface area contributed by atoms with Gasteiger partial charge in [0.15, 0.2) is 0 Å². The number of benzene rings is 1. The van der Waals surface area contributed by atoms with Gasteiger partial charge >= 0.3 is 0 Å². The molecule has 0 aliphatic heterocycles. The Morgan fingerprint density at radius 2 is 1.95 bits per heavy atom. The lowest BCUT2D eigenvalue weighted by atomic mass is 10.1. The summed E-state index contributed by atoms with van der Waals surface area (Å²) in [5.41, 5.74) is 3.77. The van der Waals surface area contributed by atoms with E-state index < -0.39 is 0 Å². The zero-order valence-corrected chi connectivity index (χ0v) is 11.5. The topological polar surface area (TPSA) is 34.1 Å². The first-order chi connectivity index (χ1) is 9.29. The number of hydrogen-bond donors (Lipinski definition) is 1. The summed E-state index contributed by atoms with van der Waals surface area (Å²) in [5, 5.41) is 3.45. The molecule has 0 saturated heterocycles. The van der Waals surface area contributed by atoms with E-state index in [1.54, 1.807) is 7.11 Å². The molecule has 0 amide bonds. The van der Waals surface area contributed by atoms with Crippen molar-refractivity contribution in [3.8, 4) is 5.75 Å². The number of ether oxygens (including phenoxy) is 1. The summed E-state index contributed by atoms with van der Waals surface area (Å²) in [7, 11) is 1.71. The van der Waals surface area contributed by atoms with E-state index in [9.17, 15) is 0 Å². The molecule has 0 fully saturated rings. The Hall–Kier alpha value is -1.87. The first-order valence-corrected chi connectivity index (χ1v) is 6.53. The largest absolute Gasteiger partial charge is 0.496 e. The zero-order chi connectivity index (χ0) is 13.5. The van der Waals surface area contributed by atoms with Gasteiger partial charge in [-0.15, -0.1) is 0 Å². The van der Waals surface area contributed by atoms with Gasteiger partial charge in [-0.1, -0.05) is 17.7 Å². The van der Waals surface area contributed by atoms with Crippen LogP contribution in [0.3, 0.4) is 0 Å². The van der Waals surface area contributed by atoms with Gasteiger partial charge in [0.1, 0.15) is 5.75 Å². The summed E-state index contributed by atoms with van der Waals surface area (Å²) >= 11 is 0. The summed E-state index contributed by atoms with van der Waals surface area (Å²) < 4.78 is 5.37. The van der Waals surface area contributed by atoms with E-state index in [4.69, 9.17) is 4.74 Å². The number of hydrogen-bond acceptors (Lipinski definition) is 3. The second kappa shape index (κ2) is 6.90. The van der Waals surface area contributed by atoms with Crippen molar-refractivity contribution >= 4 is 0 Å². The SMILES string of the molecule is COc1ccc(C)cc1CNCCc1ccncc1. The lowest BCUT2D eigenvalue weighted by molar-refractivity contribution is 0.407. The maximum absolute atomic E-state index is 5.37. The average Bonchev–Trinajstić information content (AvgIpc) is 2.45. The third-order valence-electron chi connectivity index (χ3n) is 3.09. The zero-order valence-electron chi connectivity index (χ0n) is 11.5. The van der Waals surface area contributed by atoms with Crippen molar-refractivity contribution in [1.29, 1.82) is 0 Å². The molecule has 1 aromatic heterocycles. The number of aromatic nitrogens is 1. The fraction of sp³-hybridized carbons (Fsp3) is 0.312. The normalized spacial score (nSPS) is 10.4. The highest BCUT2D eigenvalue weighted by atomic mass is 16.5. The van der Waals surface area contributed by atoms with Gasteiger partial charge in [0.05, 0.1) is 7.11 Å². The first-order valence-electron chi connectivity index (χ1n) is 6.53. The van der Waals surface area contributed by atoms with Crippen molar-refractivity contribution in [2.75, 3.05) is 13.7 Å². The summed E-state index contributed by atoms with van der Waals surface area (Å²) in [6.45, 7) is 3.87. The van der Waals surface area contributed by atoms with E-state index in [1.807, 2.05) is 18.5 Å². The Bertz CT molecular complexity index is 511. The van der Waals surface area contributed by atoms with Crippen LogP contribution in [0, 0.1) is 6.92 Å². The Balaban J connectivity index is 1.84. The summed E-state index contributed by atoms with van der Waals surface area (Å²) in [6, 6.07) is 10.4. The smallest absolute Gasteiger partial charge is 0.123 e. The lowest BCUT2D eigenvalue weighted by Crippen LogP contribution is -2.17. The number of aryl methyl sites for hydroxylation is 1. The Morgan fingerprint density at radius 1 is 1.16 bits per heavy atom. The van der Waals surface area contributed by atoms with E-state index >= 15 is 0 Å². The van der Waals surface area contributed by atoms with Gasteiger partial charge < -0.3 is 10.1 Å². The molecular weight excluding hydrogens is 236 g/mol. The molecule has 0 aliphatic rings. The molecule has 0 unspecified atom stereocenters. The Labute approximate surface area is 114 Å². The quantitative estimate of drug-likeness (QED) is 0.807. The average molecular weight is 256 g/mol. The van der Waals surface area contributed by atoms with Crippen LogP contribution in [0.15, 0.2) is 42.7 Å². The van der Waals surface area contributed by atoms with Crippen LogP contribution in [0.4, 0.5) is 0 Å². The van der Waals surface area contributed by atoms with Gasteiger partial charge in [0.25, 0.3) is 0 Å². The molecule has 3 heteroatoms. The fourth-order valence-electron chi connectivity index (χ4n) is 2.05. The highest BCUT2D eigenvalue weighted by molar-refractivity contribution is 5.36. The molecule has 0 saturated carbocycles. The van der Waals surface area contributed by atoms with Crippen LogP contribution in [-0.2, 0) is 13.0 Å². The third-order valence-corrected chi connectivity index (χ3v) is 3.09. The molecule has 19 heavy (non-hydrogen) atoms. The van der Waals surface area contributed by atoms with Crippen molar-refractivity contribution in [2.45, 2.75) is 19.9 Å². The number of nitrogens with one attached hydrogen (secondary N) is 1. The highest BCUT2D eigenvalue weighted by Crippen LogP contribution is 2.19. The van der Waals surface area contributed by atoms with Gasteiger partial charge in [0, 0.05) is 24.5 Å². The van der Waals surface area contributed by atoms with Crippen LogP contribution in [0.5, 0.6) is 5.75 Å². The minimum absolute atomic E-state index is 0.829. The number of methoxy groups -OCH3 is 1. The van der Waals surface area contributed by atoms with E-state index in [2.05, 4.69) is 41.5 Å². The molecule has 1 heterocycles. The standard InChI is InChI=1S/C16H20N2O/c1-13-3-4-16(19-2)15(11-13)12-18-10-7-14-5-8-17-9-6-14/h3-6,8-9,11,18H,7,10,12H2,1-2H3. The monoisotopic (exact) mass is 256 g/mol. The van der Waals surface area contributed by atoms with E-state index in [0.29, 0.717) is 0 Å². The minimum atomic E-state index is 0.829. The third kappa shape index (κ3) is 4.07. The molecule has 1 N–H and O–H groups in total. The first kappa shape index (κ1) is 13.6. The molecule has 1 aromatic carbocycles. The van der Waals surface area contributed by atoms with Crippen LogP contribution in [0.2, 0.25) is 0 Å². The van der Waals surface area contributed by atoms with Gasteiger partial charge in [-0.2, -0.15) is 0 Å². The highest BCUT2D eigenvalue weighted by Gasteiger charge is 2.02. The van der Waals surface area contributed by atoms with Crippen molar-refractivity contribution in [3.63, 3.8) is 0 Å². The van der Waals surface area contributed by atoms with Gasteiger partial charge in [-0.3, -0.25) is 4.98 Å². The number of nitrogens with zero attached hydrogens (tertiary/aromatic N) is 1. The molecule has 0 bridgehead atoms. The Kier molecular flexibility index (Phi) is 4.93. The Morgan fingerprint density at radius 3 is 2.68 bits per heavy atom. The van der Waals surface area contributed by atoms with Gasteiger partial charge in [0.2, 0.25) is 0 Å².